The molecule has 0 radical (unpaired) electrons. The Bertz CT molecular complexity index is 1350. The fraction of sp³-hybridized carbons (Fsp3) is 0.423. The van der Waals surface area contributed by atoms with Gasteiger partial charge in [-0.2, -0.15) is 9.29 Å². The fourth-order valence-electron chi connectivity index (χ4n) is 4.93. The summed E-state index contributed by atoms with van der Waals surface area (Å²) in [6.07, 6.45) is 1.70. The standard InChI is InChI=1S/C26H30ClN5O4S/c1-19-8-10-21(11-9-19)37(34,35)32-15-13-31(14-16-32)26(33)20-5-4-12-30(17-20)18-24-28-25(29-36-24)22-6-2-3-7-23(22)27/h2-3,6-11,20H,4-5,12-18H2,1H3. The van der Waals surface area contributed by atoms with E-state index < -0.39 is 10.0 Å². The maximum Gasteiger partial charge on any atom is 0.243 e. The highest BCUT2D eigenvalue weighted by Gasteiger charge is 2.34. The second kappa shape index (κ2) is 10.9. The molecule has 5 rings (SSSR count). The van der Waals surface area contributed by atoms with Crippen molar-refractivity contribution in [2.24, 2.45) is 5.92 Å². The monoisotopic (exact) mass is 543 g/mol. The summed E-state index contributed by atoms with van der Waals surface area (Å²) < 4.78 is 32.9. The van der Waals surface area contributed by atoms with Crippen LogP contribution in [-0.2, 0) is 21.4 Å². The van der Waals surface area contributed by atoms with Gasteiger partial charge < -0.3 is 9.42 Å². The molecule has 1 unspecified atom stereocenters. The number of aromatic nitrogens is 2. The predicted octanol–water partition coefficient (Wildman–Crippen LogP) is 3.44. The number of rotatable bonds is 6. The molecule has 3 aromatic rings. The van der Waals surface area contributed by atoms with E-state index in [-0.39, 0.29) is 11.8 Å². The van der Waals surface area contributed by atoms with Gasteiger partial charge in [-0.15, -0.1) is 0 Å². The average Bonchev–Trinajstić information content (AvgIpc) is 3.37. The molecule has 2 fully saturated rings. The van der Waals surface area contributed by atoms with Crippen molar-refractivity contribution < 1.29 is 17.7 Å². The molecule has 196 valence electrons. The van der Waals surface area contributed by atoms with Gasteiger partial charge in [0.25, 0.3) is 0 Å². The molecule has 1 aromatic heterocycles. The number of hydrogen-bond acceptors (Lipinski definition) is 7. The Morgan fingerprint density at radius 3 is 2.51 bits per heavy atom. The van der Waals surface area contributed by atoms with Crippen molar-refractivity contribution in [3.63, 3.8) is 0 Å². The zero-order valence-corrected chi connectivity index (χ0v) is 22.3. The molecule has 9 nitrogen and oxygen atoms in total. The first kappa shape index (κ1) is 25.8. The maximum absolute atomic E-state index is 13.3. The first-order chi connectivity index (χ1) is 17.8. The van der Waals surface area contributed by atoms with E-state index in [0.29, 0.717) is 60.9 Å². The topological polar surface area (TPSA) is 99.9 Å². The third-order valence-corrected chi connectivity index (χ3v) is 9.25. The number of carbonyl (C=O) groups excluding carboxylic acids is 1. The Morgan fingerprint density at radius 2 is 1.78 bits per heavy atom. The van der Waals surface area contributed by atoms with Gasteiger partial charge in [0.15, 0.2) is 0 Å². The van der Waals surface area contributed by atoms with Crippen LogP contribution in [0.15, 0.2) is 57.9 Å². The highest BCUT2D eigenvalue weighted by Crippen LogP contribution is 2.26. The van der Waals surface area contributed by atoms with Crippen LogP contribution in [0.25, 0.3) is 11.4 Å². The summed E-state index contributed by atoms with van der Waals surface area (Å²) >= 11 is 6.25. The van der Waals surface area contributed by atoms with Crippen molar-refractivity contribution in [2.45, 2.75) is 31.2 Å². The summed E-state index contributed by atoms with van der Waals surface area (Å²) in [6, 6.07) is 14.2. The molecule has 1 amide bonds. The molecule has 0 N–H and O–H groups in total. The van der Waals surface area contributed by atoms with Gasteiger partial charge in [0.1, 0.15) is 0 Å². The van der Waals surface area contributed by atoms with Crippen LogP contribution in [-0.4, -0.2) is 77.8 Å². The molecule has 0 saturated carbocycles. The number of hydrogen-bond donors (Lipinski definition) is 0. The third-order valence-electron chi connectivity index (χ3n) is 7.01. The number of sulfonamides is 1. The zero-order valence-electron chi connectivity index (χ0n) is 20.7. The normalized spacial score (nSPS) is 19.7. The molecule has 11 heteroatoms. The predicted molar refractivity (Wildman–Crippen MR) is 139 cm³/mol. The van der Waals surface area contributed by atoms with Crippen LogP contribution in [0.3, 0.4) is 0 Å². The lowest BCUT2D eigenvalue weighted by atomic mass is 9.96. The van der Waals surface area contributed by atoms with E-state index in [9.17, 15) is 13.2 Å². The molecule has 2 aliphatic rings. The number of nitrogens with zero attached hydrogens (tertiary/aromatic N) is 5. The van der Waals surface area contributed by atoms with Crippen molar-refractivity contribution >= 4 is 27.5 Å². The van der Waals surface area contributed by atoms with Gasteiger partial charge in [-0.3, -0.25) is 9.69 Å². The Morgan fingerprint density at radius 1 is 1.05 bits per heavy atom. The van der Waals surface area contributed by atoms with Gasteiger partial charge in [0.2, 0.25) is 27.6 Å². The summed E-state index contributed by atoms with van der Waals surface area (Å²) in [6.45, 7) is 5.21. The number of piperazine rings is 1. The minimum absolute atomic E-state index is 0.0827. The molecule has 0 aliphatic carbocycles. The van der Waals surface area contributed by atoms with Gasteiger partial charge in [-0.25, -0.2) is 8.42 Å². The molecule has 3 heterocycles. The van der Waals surface area contributed by atoms with Crippen molar-refractivity contribution in [3.8, 4) is 11.4 Å². The minimum atomic E-state index is -3.56. The van der Waals surface area contributed by atoms with Gasteiger partial charge >= 0.3 is 0 Å². The lowest BCUT2D eigenvalue weighted by molar-refractivity contribution is -0.138. The molecule has 2 saturated heterocycles. The molecular weight excluding hydrogens is 514 g/mol. The number of piperidine rings is 1. The summed E-state index contributed by atoms with van der Waals surface area (Å²) in [7, 11) is -3.56. The van der Waals surface area contributed by atoms with Gasteiger partial charge in [0.05, 0.1) is 22.4 Å². The summed E-state index contributed by atoms with van der Waals surface area (Å²) in [5.74, 6) is 0.876. The molecule has 1 atom stereocenters. The van der Waals surface area contributed by atoms with E-state index in [1.807, 2.05) is 25.1 Å². The van der Waals surface area contributed by atoms with E-state index >= 15 is 0 Å². The van der Waals surface area contributed by atoms with E-state index in [1.165, 1.54) is 4.31 Å². The summed E-state index contributed by atoms with van der Waals surface area (Å²) in [4.78, 5) is 22.1. The van der Waals surface area contributed by atoms with Crippen molar-refractivity contribution in [2.75, 3.05) is 39.3 Å². The first-order valence-electron chi connectivity index (χ1n) is 12.5. The highest BCUT2D eigenvalue weighted by atomic mass is 35.5. The Balaban J connectivity index is 1.16. The van der Waals surface area contributed by atoms with Crippen LogP contribution < -0.4 is 0 Å². The number of amides is 1. The molecule has 2 aromatic carbocycles. The quantitative estimate of drug-likeness (QED) is 0.469. The minimum Gasteiger partial charge on any atom is -0.340 e. The van der Waals surface area contributed by atoms with E-state index in [4.69, 9.17) is 16.1 Å². The van der Waals surface area contributed by atoms with Crippen LogP contribution in [0.5, 0.6) is 0 Å². The number of carbonyl (C=O) groups is 1. The smallest absolute Gasteiger partial charge is 0.243 e. The largest absolute Gasteiger partial charge is 0.340 e. The lowest BCUT2D eigenvalue weighted by Crippen LogP contribution is -2.53. The average molecular weight is 544 g/mol. The summed E-state index contributed by atoms with van der Waals surface area (Å²) in [5.41, 5.74) is 1.73. The first-order valence-corrected chi connectivity index (χ1v) is 14.3. The molecule has 37 heavy (non-hydrogen) atoms. The van der Waals surface area contributed by atoms with E-state index in [2.05, 4.69) is 15.0 Å². The van der Waals surface area contributed by atoms with Crippen LogP contribution in [0.2, 0.25) is 5.02 Å². The highest BCUT2D eigenvalue weighted by molar-refractivity contribution is 7.89. The number of benzene rings is 2. The SMILES string of the molecule is Cc1ccc(S(=O)(=O)N2CCN(C(=O)C3CCCN(Cc4nc(-c5ccccc5Cl)no4)C3)CC2)cc1. The van der Waals surface area contributed by atoms with Crippen LogP contribution in [0.1, 0.15) is 24.3 Å². The van der Waals surface area contributed by atoms with Crippen LogP contribution >= 0.6 is 11.6 Å². The second-order valence-corrected chi connectivity index (χ2v) is 12.0. The van der Waals surface area contributed by atoms with Gasteiger partial charge in [0, 0.05) is 38.3 Å². The van der Waals surface area contributed by atoms with Crippen molar-refractivity contribution in [1.82, 2.24) is 24.2 Å². The Labute approximate surface area is 222 Å². The Kier molecular flexibility index (Phi) is 7.62. The Hall–Kier alpha value is -2.79. The van der Waals surface area contributed by atoms with E-state index in [0.717, 1.165) is 30.5 Å². The zero-order chi connectivity index (χ0) is 26.0. The van der Waals surface area contributed by atoms with Crippen molar-refractivity contribution in [1.29, 1.82) is 0 Å². The molecular formula is C26H30ClN5O4S. The molecule has 0 spiro atoms. The maximum atomic E-state index is 13.3. The summed E-state index contributed by atoms with van der Waals surface area (Å²) in [5, 5.41) is 4.63. The molecule has 2 aliphatic heterocycles. The molecule has 0 bridgehead atoms. The van der Waals surface area contributed by atoms with Crippen LogP contribution in [0.4, 0.5) is 0 Å². The number of aryl methyl sites for hydroxylation is 1. The number of halogens is 1. The van der Waals surface area contributed by atoms with Crippen molar-refractivity contribution in [3.05, 3.63) is 65.0 Å². The fourth-order valence-corrected chi connectivity index (χ4v) is 6.57. The van der Waals surface area contributed by atoms with Gasteiger partial charge in [-0.1, -0.05) is 46.6 Å². The number of likely N-dealkylation sites (tertiary alicyclic amines) is 1. The third kappa shape index (κ3) is 5.72. The lowest BCUT2D eigenvalue weighted by Gasteiger charge is -2.38. The van der Waals surface area contributed by atoms with Crippen LogP contribution in [0, 0.1) is 12.8 Å². The van der Waals surface area contributed by atoms with Gasteiger partial charge in [-0.05, 0) is 50.6 Å². The second-order valence-electron chi connectivity index (χ2n) is 9.61. The van der Waals surface area contributed by atoms with E-state index in [1.54, 1.807) is 35.2 Å².